The average Bonchev–Trinajstić information content (AvgIpc) is 2.64. The highest BCUT2D eigenvalue weighted by Crippen LogP contribution is 2.34. The second-order valence-corrected chi connectivity index (χ2v) is 9.17. The SMILES string of the molecule is CC(C)C1(O)OCC(C)(COC(=O)OCC2(C)COC(O)(C(C)C)OC2)CO1. The summed E-state index contributed by atoms with van der Waals surface area (Å²) in [6.07, 6.45) is -0.822. The van der Waals surface area contributed by atoms with Gasteiger partial charge < -0.3 is 38.6 Å². The van der Waals surface area contributed by atoms with Crippen LogP contribution in [0.5, 0.6) is 0 Å². The predicted octanol–water partition coefficient (Wildman–Crippen LogP) is 1.85. The maximum Gasteiger partial charge on any atom is 0.508 e. The van der Waals surface area contributed by atoms with Gasteiger partial charge in [0, 0.05) is 22.7 Å². The first-order valence-electron chi connectivity index (χ1n) is 9.62. The minimum Gasteiger partial charge on any atom is -0.434 e. The lowest BCUT2D eigenvalue weighted by molar-refractivity contribution is -0.422. The van der Waals surface area contributed by atoms with Crippen molar-refractivity contribution in [2.75, 3.05) is 39.6 Å². The van der Waals surface area contributed by atoms with Crippen molar-refractivity contribution >= 4 is 6.16 Å². The lowest BCUT2D eigenvalue weighted by atomic mass is 9.92. The Bertz CT molecular complexity index is 484. The number of rotatable bonds is 6. The van der Waals surface area contributed by atoms with E-state index in [9.17, 15) is 15.0 Å². The monoisotopic (exact) mass is 406 g/mol. The van der Waals surface area contributed by atoms with Crippen LogP contribution in [0.4, 0.5) is 4.79 Å². The minimum absolute atomic E-state index is 0.0246. The van der Waals surface area contributed by atoms with Gasteiger partial charge in [0.15, 0.2) is 0 Å². The first kappa shape index (κ1) is 23.3. The van der Waals surface area contributed by atoms with Crippen LogP contribution in [0.2, 0.25) is 0 Å². The van der Waals surface area contributed by atoms with E-state index in [1.54, 1.807) is 27.7 Å². The maximum atomic E-state index is 12.0. The zero-order chi connectivity index (χ0) is 21.2. The molecule has 0 aromatic rings. The topological polar surface area (TPSA) is 113 Å². The molecule has 2 rings (SSSR count). The first-order chi connectivity index (χ1) is 12.8. The molecular weight excluding hydrogens is 372 g/mol. The van der Waals surface area contributed by atoms with Crippen LogP contribution in [0.3, 0.4) is 0 Å². The summed E-state index contributed by atoms with van der Waals surface area (Å²) in [5, 5.41) is 20.3. The lowest BCUT2D eigenvalue weighted by Gasteiger charge is -2.43. The molecule has 28 heavy (non-hydrogen) atoms. The Kier molecular flexibility index (Phi) is 7.00. The Morgan fingerprint density at radius 3 is 1.32 bits per heavy atom. The van der Waals surface area contributed by atoms with E-state index >= 15 is 0 Å². The van der Waals surface area contributed by atoms with Crippen molar-refractivity contribution in [1.82, 2.24) is 0 Å². The van der Waals surface area contributed by atoms with Crippen LogP contribution in [0.1, 0.15) is 41.5 Å². The van der Waals surface area contributed by atoms with Crippen molar-refractivity contribution in [3.8, 4) is 0 Å². The summed E-state index contributed by atoms with van der Waals surface area (Å²) in [4.78, 5) is 12.0. The molecule has 2 fully saturated rings. The van der Waals surface area contributed by atoms with Crippen molar-refractivity contribution in [1.29, 1.82) is 0 Å². The summed E-state index contributed by atoms with van der Waals surface area (Å²) in [5.74, 6) is -3.69. The highest BCUT2D eigenvalue weighted by atomic mass is 16.8. The molecule has 0 atom stereocenters. The quantitative estimate of drug-likeness (QED) is 0.638. The molecule has 0 spiro atoms. The molecule has 2 aliphatic heterocycles. The van der Waals surface area contributed by atoms with Gasteiger partial charge in [-0.25, -0.2) is 4.79 Å². The van der Waals surface area contributed by atoms with Gasteiger partial charge in [-0.2, -0.15) is 0 Å². The summed E-state index contributed by atoms with van der Waals surface area (Å²) in [7, 11) is 0. The Hall–Kier alpha value is -0.970. The highest BCUT2D eigenvalue weighted by Gasteiger charge is 2.45. The molecule has 0 bridgehead atoms. The first-order valence-corrected chi connectivity index (χ1v) is 9.62. The number of carbonyl (C=O) groups excluding carboxylic acids is 1. The summed E-state index contributed by atoms with van der Waals surface area (Å²) in [6.45, 7) is 11.6. The Morgan fingerprint density at radius 2 is 1.07 bits per heavy atom. The van der Waals surface area contributed by atoms with Crippen molar-refractivity contribution in [3.63, 3.8) is 0 Å². The summed E-state index contributed by atoms with van der Waals surface area (Å²) < 4.78 is 32.1. The standard InChI is InChI=1S/C19H34O9/c1-13(2)18(21)25-9-16(5,10-26-18)7-23-15(20)24-8-17(6)11-27-19(22,14(3)4)28-12-17/h13-14,21-22H,7-12H2,1-6H3. The van der Waals surface area contributed by atoms with E-state index in [0.717, 1.165) is 0 Å². The molecule has 2 saturated heterocycles. The molecule has 2 N–H and O–H groups in total. The zero-order valence-corrected chi connectivity index (χ0v) is 17.6. The molecule has 164 valence electrons. The fraction of sp³-hybridized carbons (Fsp3) is 0.947. The Labute approximate surface area is 166 Å². The van der Waals surface area contributed by atoms with Crippen LogP contribution >= 0.6 is 0 Å². The van der Waals surface area contributed by atoms with E-state index in [0.29, 0.717) is 0 Å². The van der Waals surface area contributed by atoms with Crippen molar-refractivity contribution in [2.45, 2.75) is 53.5 Å². The Morgan fingerprint density at radius 1 is 0.786 bits per heavy atom. The minimum atomic E-state index is -1.62. The Balaban J connectivity index is 1.73. The van der Waals surface area contributed by atoms with E-state index in [4.69, 9.17) is 28.4 Å². The van der Waals surface area contributed by atoms with Crippen LogP contribution in [0.15, 0.2) is 0 Å². The van der Waals surface area contributed by atoms with Gasteiger partial charge in [-0.1, -0.05) is 41.5 Å². The molecule has 0 aromatic carbocycles. The molecule has 2 heterocycles. The molecule has 0 aliphatic carbocycles. The third-order valence-corrected chi connectivity index (χ3v) is 5.05. The molecular formula is C19H34O9. The smallest absolute Gasteiger partial charge is 0.434 e. The molecule has 9 nitrogen and oxygen atoms in total. The highest BCUT2D eigenvalue weighted by molar-refractivity contribution is 5.59. The zero-order valence-electron chi connectivity index (χ0n) is 17.6. The van der Waals surface area contributed by atoms with Crippen molar-refractivity contribution in [2.24, 2.45) is 22.7 Å². The molecule has 9 heteroatoms. The summed E-state index contributed by atoms with van der Waals surface area (Å²) in [6, 6.07) is 0. The van der Waals surface area contributed by atoms with E-state index in [1.807, 2.05) is 13.8 Å². The van der Waals surface area contributed by atoms with Crippen molar-refractivity contribution in [3.05, 3.63) is 0 Å². The molecule has 0 aromatic heterocycles. The van der Waals surface area contributed by atoms with Gasteiger partial charge in [0.05, 0.1) is 26.4 Å². The van der Waals surface area contributed by atoms with Crippen molar-refractivity contribution < 1.29 is 43.4 Å². The van der Waals surface area contributed by atoms with Crippen LogP contribution in [0, 0.1) is 22.7 Å². The number of hydrogen-bond donors (Lipinski definition) is 2. The largest absolute Gasteiger partial charge is 0.508 e. The summed E-state index contributed by atoms with van der Waals surface area (Å²) in [5.41, 5.74) is -1.18. The number of hydrogen-bond acceptors (Lipinski definition) is 9. The van der Waals surface area contributed by atoms with E-state index in [-0.39, 0.29) is 51.5 Å². The number of aliphatic hydroxyl groups is 2. The van der Waals surface area contributed by atoms with Crippen LogP contribution in [-0.4, -0.2) is 68.0 Å². The molecule has 0 amide bonds. The normalized spacial score (nSPS) is 39.2. The van der Waals surface area contributed by atoms with E-state index in [1.165, 1.54) is 0 Å². The number of ether oxygens (including phenoxy) is 6. The van der Waals surface area contributed by atoms with Gasteiger partial charge in [-0.05, 0) is 0 Å². The van der Waals surface area contributed by atoms with Gasteiger partial charge in [0.1, 0.15) is 13.2 Å². The molecule has 0 radical (unpaired) electrons. The van der Waals surface area contributed by atoms with Crippen LogP contribution < -0.4 is 0 Å². The average molecular weight is 406 g/mol. The fourth-order valence-corrected chi connectivity index (χ4v) is 2.62. The van der Waals surface area contributed by atoms with E-state index in [2.05, 4.69) is 0 Å². The summed E-state index contributed by atoms with van der Waals surface area (Å²) >= 11 is 0. The van der Waals surface area contributed by atoms with Gasteiger partial charge in [0.25, 0.3) is 11.9 Å². The lowest BCUT2D eigenvalue weighted by Crippen LogP contribution is -2.53. The molecule has 0 saturated carbocycles. The number of carbonyl (C=O) groups is 1. The predicted molar refractivity (Wildman–Crippen MR) is 96.9 cm³/mol. The van der Waals surface area contributed by atoms with E-state index < -0.39 is 28.9 Å². The second-order valence-electron chi connectivity index (χ2n) is 9.17. The van der Waals surface area contributed by atoms with Gasteiger partial charge >= 0.3 is 6.16 Å². The third kappa shape index (κ3) is 5.55. The molecule has 2 aliphatic rings. The van der Waals surface area contributed by atoms with Crippen LogP contribution in [-0.2, 0) is 28.4 Å². The second kappa shape index (κ2) is 8.41. The molecule has 0 unspecified atom stereocenters. The van der Waals surface area contributed by atoms with Gasteiger partial charge in [-0.3, -0.25) is 0 Å². The third-order valence-electron chi connectivity index (χ3n) is 5.05. The van der Waals surface area contributed by atoms with Gasteiger partial charge in [-0.15, -0.1) is 0 Å². The maximum absolute atomic E-state index is 12.0. The van der Waals surface area contributed by atoms with Crippen LogP contribution in [0.25, 0.3) is 0 Å². The fourth-order valence-electron chi connectivity index (χ4n) is 2.62. The van der Waals surface area contributed by atoms with Gasteiger partial charge in [0.2, 0.25) is 0 Å².